The molecule has 0 aromatic heterocycles. The molecular formula is C15H27F3N2. The van der Waals surface area contributed by atoms with Gasteiger partial charge in [-0.3, -0.25) is 4.90 Å². The molecule has 0 aromatic rings. The Kier molecular flexibility index (Phi) is 5.35. The van der Waals surface area contributed by atoms with Crippen molar-refractivity contribution in [2.45, 2.75) is 63.7 Å². The van der Waals surface area contributed by atoms with E-state index in [1.54, 1.807) is 0 Å². The first kappa shape index (κ1) is 16.1. The zero-order chi connectivity index (χ0) is 14.8. The number of alkyl halides is 3. The maximum absolute atomic E-state index is 12.7. The zero-order valence-corrected chi connectivity index (χ0v) is 12.5. The lowest BCUT2D eigenvalue weighted by molar-refractivity contribution is -0.186. The van der Waals surface area contributed by atoms with E-state index in [4.69, 9.17) is 0 Å². The van der Waals surface area contributed by atoms with E-state index < -0.39 is 12.1 Å². The van der Waals surface area contributed by atoms with Crippen LogP contribution in [-0.4, -0.2) is 43.3 Å². The minimum Gasteiger partial charge on any atom is -0.315 e. The van der Waals surface area contributed by atoms with Crippen molar-refractivity contribution in [3.8, 4) is 0 Å². The van der Waals surface area contributed by atoms with E-state index in [0.29, 0.717) is 25.2 Å². The molecule has 1 saturated heterocycles. The molecule has 2 rings (SSSR count). The summed E-state index contributed by atoms with van der Waals surface area (Å²) in [6.07, 6.45) is 1.26. The summed E-state index contributed by atoms with van der Waals surface area (Å²) < 4.78 is 38.2. The number of likely N-dealkylation sites (tertiary alicyclic amines) is 1. The molecular weight excluding hydrogens is 265 g/mol. The van der Waals surface area contributed by atoms with Crippen LogP contribution in [-0.2, 0) is 0 Å². The van der Waals surface area contributed by atoms with E-state index in [2.05, 4.69) is 17.1 Å². The minimum absolute atomic E-state index is 0.271. The van der Waals surface area contributed by atoms with Crippen LogP contribution in [0.25, 0.3) is 0 Å². The summed E-state index contributed by atoms with van der Waals surface area (Å²) in [6, 6.07) is 0.869. The maximum Gasteiger partial charge on any atom is 0.391 e. The Morgan fingerprint density at radius 3 is 2.25 bits per heavy atom. The second-order valence-electron chi connectivity index (χ2n) is 6.40. The molecule has 1 aliphatic carbocycles. The minimum atomic E-state index is -4.01. The first-order chi connectivity index (χ1) is 9.45. The molecule has 0 spiro atoms. The van der Waals surface area contributed by atoms with E-state index in [-0.39, 0.29) is 12.8 Å². The summed E-state index contributed by atoms with van der Waals surface area (Å²) in [7, 11) is 1.98. The molecule has 2 fully saturated rings. The molecule has 0 radical (unpaired) electrons. The van der Waals surface area contributed by atoms with Crippen molar-refractivity contribution in [2.24, 2.45) is 11.8 Å². The first-order valence-corrected chi connectivity index (χ1v) is 7.93. The van der Waals surface area contributed by atoms with E-state index in [0.717, 1.165) is 18.8 Å². The molecule has 0 aromatic carbocycles. The molecule has 118 valence electrons. The third-order valence-electron chi connectivity index (χ3n) is 5.33. The van der Waals surface area contributed by atoms with Gasteiger partial charge in [-0.25, -0.2) is 0 Å². The van der Waals surface area contributed by atoms with Crippen LogP contribution in [0.2, 0.25) is 0 Å². The summed E-state index contributed by atoms with van der Waals surface area (Å²) in [5.74, 6) is -0.345. The van der Waals surface area contributed by atoms with Crippen molar-refractivity contribution in [1.82, 2.24) is 10.2 Å². The van der Waals surface area contributed by atoms with Crippen LogP contribution in [0.15, 0.2) is 0 Å². The molecule has 1 heterocycles. The van der Waals surface area contributed by atoms with Crippen LogP contribution in [0.5, 0.6) is 0 Å². The lowest BCUT2D eigenvalue weighted by Gasteiger charge is -2.45. The van der Waals surface area contributed by atoms with Crippen molar-refractivity contribution in [1.29, 1.82) is 0 Å². The van der Waals surface area contributed by atoms with E-state index in [1.165, 1.54) is 12.8 Å². The van der Waals surface area contributed by atoms with Gasteiger partial charge < -0.3 is 5.32 Å². The highest BCUT2D eigenvalue weighted by Gasteiger charge is 2.43. The normalized spacial score (nSPS) is 34.4. The zero-order valence-electron chi connectivity index (χ0n) is 12.5. The van der Waals surface area contributed by atoms with Gasteiger partial charge in [-0.1, -0.05) is 13.3 Å². The molecule has 0 amide bonds. The number of piperidine rings is 1. The van der Waals surface area contributed by atoms with E-state index >= 15 is 0 Å². The lowest BCUT2D eigenvalue weighted by atomic mass is 9.79. The average Bonchev–Trinajstić information content (AvgIpc) is 2.45. The quantitative estimate of drug-likeness (QED) is 0.857. The van der Waals surface area contributed by atoms with Gasteiger partial charge in [0.15, 0.2) is 0 Å². The average molecular weight is 292 g/mol. The van der Waals surface area contributed by atoms with Crippen molar-refractivity contribution >= 4 is 0 Å². The third kappa shape index (κ3) is 3.67. The Morgan fingerprint density at radius 2 is 1.75 bits per heavy atom. The Morgan fingerprint density at radius 1 is 1.10 bits per heavy atom. The van der Waals surface area contributed by atoms with Gasteiger partial charge in [0, 0.05) is 12.1 Å². The van der Waals surface area contributed by atoms with Gasteiger partial charge in [0.25, 0.3) is 0 Å². The molecule has 3 unspecified atom stereocenters. The molecule has 20 heavy (non-hydrogen) atoms. The predicted molar refractivity (Wildman–Crippen MR) is 74.6 cm³/mol. The Labute approximate surface area is 120 Å². The van der Waals surface area contributed by atoms with Crippen molar-refractivity contribution < 1.29 is 13.2 Å². The number of nitrogens with zero attached hydrogens (tertiary/aromatic N) is 1. The van der Waals surface area contributed by atoms with Crippen LogP contribution in [0.1, 0.15) is 45.4 Å². The smallest absolute Gasteiger partial charge is 0.315 e. The number of nitrogens with one attached hydrogen (secondary N) is 1. The SMILES string of the molecule is CCC1CCC(NC)C(N2CCC(C(F)(F)F)CC2)C1. The van der Waals surface area contributed by atoms with Gasteiger partial charge >= 0.3 is 6.18 Å². The maximum atomic E-state index is 12.7. The third-order valence-corrected chi connectivity index (χ3v) is 5.33. The number of hydrogen-bond donors (Lipinski definition) is 1. The second-order valence-corrected chi connectivity index (χ2v) is 6.40. The second kappa shape index (κ2) is 6.65. The highest BCUT2D eigenvalue weighted by atomic mass is 19.4. The molecule has 1 saturated carbocycles. The van der Waals surface area contributed by atoms with E-state index in [1.807, 2.05) is 7.05 Å². The molecule has 3 atom stereocenters. The largest absolute Gasteiger partial charge is 0.391 e. The topological polar surface area (TPSA) is 15.3 Å². The highest BCUT2D eigenvalue weighted by molar-refractivity contribution is 4.92. The molecule has 1 N–H and O–H groups in total. The van der Waals surface area contributed by atoms with Crippen LogP contribution in [0.3, 0.4) is 0 Å². The van der Waals surface area contributed by atoms with Crippen molar-refractivity contribution in [2.75, 3.05) is 20.1 Å². The van der Waals surface area contributed by atoms with Crippen LogP contribution >= 0.6 is 0 Å². The first-order valence-electron chi connectivity index (χ1n) is 7.93. The molecule has 1 aliphatic heterocycles. The Hall–Kier alpha value is -0.290. The van der Waals surface area contributed by atoms with Gasteiger partial charge in [-0.15, -0.1) is 0 Å². The number of halogens is 3. The summed E-state index contributed by atoms with van der Waals surface area (Å²) in [5, 5.41) is 3.37. The molecule has 0 bridgehead atoms. The highest BCUT2D eigenvalue weighted by Crippen LogP contribution is 2.37. The monoisotopic (exact) mass is 292 g/mol. The number of likely N-dealkylation sites (N-methyl/N-ethyl adjacent to an activating group) is 1. The summed E-state index contributed by atoms with van der Waals surface area (Å²) in [5.41, 5.74) is 0. The summed E-state index contributed by atoms with van der Waals surface area (Å²) in [4.78, 5) is 2.31. The molecule has 5 heteroatoms. The standard InChI is InChI=1S/C15H27F3N2/c1-3-11-4-5-13(19-2)14(10-11)20-8-6-12(7-9-20)15(16,17)18/h11-14,19H,3-10H2,1-2H3. The van der Waals surface area contributed by atoms with Gasteiger partial charge in [0.05, 0.1) is 5.92 Å². The number of hydrogen-bond acceptors (Lipinski definition) is 2. The predicted octanol–water partition coefficient (Wildman–Crippen LogP) is 3.43. The number of rotatable bonds is 3. The van der Waals surface area contributed by atoms with E-state index in [9.17, 15) is 13.2 Å². The van der Waals surface area contributed by atoms with Gasteiger partial charge in [-0.05, 0) is 58.2 Å². The van der Waals surface area contributed by atoms with Gasteiger partial charge in [-0.2, -0.15) is 13.2 Å². The lowest BCUT2D eigenvalue weighted by Crippen LogP contribution is -2.55. The summed E-state index contributed by atoms with van der Waals surface area (Å²) >= 11 is 0. The summed E-state index contributed by atoms with van der Waals surface area (Å²) in [6.45, 7) is 3.42. The fourth-order valence-electron chi connectivity index (χ4n) is 3.90. The van der Waals surface area contributed by atoms with Crippen molar-refractivity contribution in [3.63, 3.8) is 0 Å². The van der Waals surface area contributed by atoms with Crippen molar-refractivity contribution in [3.05, 3.63) is 0 Å². The van der Waals surface area contributed by atoms with Gasteiger partial charge in [0.2, 0.25) is 0 Å². The molecule has 2 aliphatic rings. The van der Waals surface area contributed by atoms with Crippen LogP contribution in [0.4, 0.5) is 13.2 Å². The Bertz CT molecular complexity index is 298. The molecule has 2 nitrogen and oxygen atoms in total. The van der Waals surface area contributed by atoms with Crippen LogP contribution < -0.4 is 5.32 Å². The Balaban J connectivity index is 1.93. The van der Waals surface area contributed by atoms with Gasteiger partial charge in [0.1, 0.15) is 0 Å². The van der Waals surface area contributed by atoms with Crippen LogP contribution in [0, 0.1) is 11.8 Å². The fraction of sp³-hybridized carbons (Fsp3) is 1.00. The fourth-order valence-corrected chi connectivity index (χ4v) is 3.90.